The smallest absolute Gasteiger partial charge is 0.103 e. The van der Waals surface area contributed by atoms with E-state index in [0.717, 1.165) is 53.5 Å². The molecular weight excluding hydrogens is 388 g/mol. The number of aliphatic hydroxyl groups is 2. The fourth-order valence-corrected chi connectivity index (χ4v) is 4.65. The third-order valence-corrected chi connectivity index (χ3v) is 5.99. The summed E-state index contributed by atoms with van der Waals surface area (Å²) in [6.07, 6.45) is 3.71. The van der Waals surface area contributed by atoms with E-state index in [1.165, 1.54) is 10.3 Å². The average molecular weight is 415 g/mol. The summed E-state index contributed by atoms with van der Waals surface area (Å²) in [6, 6.07) is 6.26. The summed E-state index contributed by atoms with van der Waals surface area (Å²) in [6.45, 7) is 4.50. The van der Waals surface area contributed by atoms with E-state index < -0.39 is 0 Å². The average Bonchev–Trinajstić information content (AvgIpc) is 3.12. The van der Waals surface area contributed by atoms with Gasteiger partial charge in [-0.3, -0.25) is 9.67 Å². The van der Waals surface area contributed by atoms with E-state index in [1.807, 2.05) is 23.1 Å². The van der Waals surface area contributed by atoms with Gasteiger partial charge in [0.1, 0.15) is 5.69 Å². The molecule has 5 N–H and O–H groups in total. The number of rotatable bonds is 11. The van der Waals surface area contributed by atoms with Crippen molar-refractivity contribution in [2.75, 3.05) is 51.3 Å². The molecule has 0 spiro atoms. The first-order valence-corrected chi connectivity index (χ1v) is 10.7. The summed E-state index contributed by atoms with van der Waals surface area (Å²) < 4.78 is 2.04. The van der Waals surface area contributed by atoms with Crippen LogP contribution in [0.15, 0.2) is 40.4 Å². The number of anilines is 1. The van der Waals surface area contributed by atoms with E-state index in [4.69, 9.17) is 15.3 Å². The lowest BCUT2D eigenvalue weighted by atomic mass is 10.1. The highest BCUT2D eigenvalue weighted by atomic mass is 32.2. The van der Waals surface area contributed by atoms with Crippen LogP contribution in [0, 0.1) is 0 Å². The fourth-order valence-electron chi connectivity index (χ4n) is 3.49. The van der Waals surface area contributed by atoms with E-state index in [9.17, 15) is 0 Å². The molecule has 0 saturated heterocycles. The van der Waals surface area contributed by atoms with Gasteiger partial charge in [0, 0.05) is 71.5 Å². The van der Waals surface area contributed by atoms with Gasteiger partial charge in [0.25, 0.3) is 0 Å². The van der Waals surface area contributed by atoms with Gasteiger partial charge >= 0.3 is 0 Å². The number of hydrogen-bond acceptors (Lipinski definition) is 8. The maximum atomic E-state index is 8.96. The molecule has 0 radical (unpaired) electrons. The quantitative estimate of drug-likeness (QED) is 0.233. The third kappa shape index (κ3) is 4.24. The predicted octanol–water partition coefficient (Wildman–Crippen LogP) is 1.14. The van der Waals surface area contributed by atoms with Crippen molar-refractivity contribution in [1.29, 1.82) is 0 Å². The molecule has 0 saturated carbocycles. The van der Waals surface area contributed by atoms with Crippen LogP contribution in [-0.2, 0) is 6.54 Å². The Kier molecular flexibility index (Phi) is 6.63. The van der Waals surface area contributed by atoms with Gasteiger partial charge in [-0.05, 0) is 18.2 Å². The summed E-state index contributed by atoms with van der Waals surface area (Å²) in [5.74, 6) is 0. The zero-order valence-corrected chi connectivity index (χ0v) is 17.0. The number of aromatic nitrogens is 3. The van der Waals surface area contributed by atoms with Crippen LogP contribution in [-0.4, -0.2) is 70.9 Å². The molecule has 3 heterocycles. The van der Waals surface area contributed by atoms with E-state index in [0.29, 0.717) is 13.1 Å². The van der Waals surface area contributed by atoms with Crippen molar-refractivity contribution >= 4 is 28.4 Å². The first-order chi connectivity index (χ1) is 14.3. The van der Waals surface area contributed by atoms with E-state index in [2.05, 4.69) is 33.1 Å². The Morgan fingerprint density at radius 1 is 0.966 bits per heavy atom. The van der Waals surface area contributed by atoms with Gasteiger partial charge in [-0.1, -0.05) is 11.8 Å². The molecule has 1 aliphatic heterocycles. The molecule has 29 heavy (non-hydrogen) atoms. The highest BCUT2D eigenvalue weighted by Gasteiger charge is 2.26. The van der Waals surface area contributed by atoms with E-state index in [-0.39, 0.29) is 13.2 Å². The van der Waals surface area contributed by atoms with Crippen LogP contribution in [0.3, 0.4) is 0 Å². The van der Waals surface area contributed by atoms with Crippen LogP contribution >= 0.6 is 11.8 Å². The van der Waals surface area contributed by atoms with Crippen LogP contribution in [0.25, 0.3) is 22.2 Å². The van der Waals surface area contributed by atoms with Gasteiger partial charge < -0.3 is 26.2 Å². The molecule has 0 amide bonds. The lowest BCUT2D eigenvalue weighted by Crippen LogP contribution is -2.25. The van der Waals surface area contributed by atoms with Crippen LogP contribution in [0.2, 0.25) is 0 Å². The molecule has 154 valence electrons. The lowest BCUT2D eigenvalue weighted by molar-refractivity contribution is 0.291. The molecule has 8 nitrogen and oxygen atoms in total. The molecule has 0 aliphatic carbocycles. The molecule has 9 heteroatoms. The number of nitrogens with zero attached hydrogens (tertiary/aromatic N) is 3. The van der Waals surface area contributed by atoms with Crippen molar-refractivity contribution in [2.24, 2.45) is 0 Å². The second-order valence-electron chi connectivity index (χ2n) is 6.76. The Bertz CT molecular complexity index is 977. The molecule has 0 bridgehead atoms. The van der Waals surface area contributed by atoms with Crippen molar-refractivity contribution in [2.45, 2.75) is 16.3 Å². The van der Waals surface area contributed by atoms with Crippen molar-refractivity contribution < 1.29 is 10.2 Å². The predicted molar refractivity (Wildman–Crippen MR) is 115 cm³/mol. The molecule has 0 unspecified atom stereocenters. The fraction of sp³-hybridized carbons (Fsp3) is 0.400. The van der Waals surface area contributed by atoms with Gasteiger partial charge in [0.2, 0.25) is 0 Å². The van der Waals surface area contributed by atoms with Gasteiger partial charge in [0.15, 0.2) is 0 Å². The van der Waals surface area contributed by atoms with Crippen LogP contribution in [0.4, 0.5) is 5.69 Å². The van der Waals surface area contributed by atoms with Crippen LogP contribution in [0.1, 0.15) is 0 Å². The molecule has 2 aromatic heterocycles. The van der Waals surface area contributed by atoms with Crippen molar-refractivity contribution in [3.05, 3.63) is 30.6 Å². The van der Waals surface area contributed by atoms with Gasteiger partial charge in [0.05, 0.1) is 25.3 Å². The molecule has 4 rings (SSSR count). The zero-order valence-electron chi connectivity index (χ0n) is 16.2. The first-order valence-electron chi connectivity index (χ1n) is 9.86. The summed E-state index contributed by atoms with van der Waals surface area (Å²) in [5.41, 5.74) is 4.31. The van der Waals surface area contributed by atoms with E-state index >= 15 is 0 Å². The topological polar surface area (TPSA) is 107 Å². The van der Waals surface area contributed by atoms with Crippen molar-refractivity contribution in [1.82, 2.24) is 25.4 Å². The SMILES string of the molecule is OCCNCCNc1ccc2c3c(nn2CCNCCO)-c2ccncc2Sc13. The van der Waals surface area contributed by atoms with Crippen molar-refractivity contribution in [3.8, 4) is 11.3 Å². The second-order valence-corrected chi connectivity index (χ2v) is 7.81. The normalized spacial score (nSPS) is 12.3. The summed E-state index contributed by atoms with van der Waals surface area (Å²) >= 11 is 1.73. The van der Waals surface area contributed by atoms with Gasteiger partial charge in [-0.15, -0.1) is 0 Å². The molecule has 0 fully saturated rings. The number of fused-ring (bicyclic) bond motifs is 2. The third-order valence-electron chi connectivity index (χ3n) is 4.82. The Morgan fingerprint density at radius 3 is 2.62 bits per heavy atom. The minimum Gasteiger partial charge on any atom is -0.395 e. The summed E-state index contributed by atoms with van der Waals surface area (Å²) in [5, 5.41) is 33.9. The zero-order chi connectivity index (χ0) is 20.1. The molecular formula is C20H26N6O2S. The lowest BCUT2D eigenvalue weighted by Gasteiger charge is -2.18. The highest BCUT2D eigenvalue weighted by Crippen LogP contribution is 2.49. The number of pyridine rings is 1. The highest BCUT2D eigenvalue weighted by molar-refractivity contribution is 8.00. The Labute approximate surface area is 173 Å². The largest absolute Gasteiger partial charge is 0.395 e. The Morgan fingerprint density at radius 2 is 1.79 bits per heavy atom. The minimum absolute atomic E-state index is 0.133. The maximum Gasteiger partial charge on any atom is 0.103 e. The number of hydrogen-bond donors (Lipinski definition) is 5. The van der Waals surface area contributed by atoms with Crippen molar-refractivity contribution in [3.63, 3.8) is 0 Å². The molecule has 0 atom stereocenters. The number of nitrogens with one attached hydrogen (secondary N) is 3. The van der Waals surface area contributed by atoms with Gasteiger partial charge in [-0.25, -0.2) is 0 Å². The van der Waals surface area contributed by atoms with E-state index in [1.54, 1.807) is 11.8 Å². The Balaban J connectivity index is 1.66. The standard InChI is InChI=1S/C20H26N6O2S/c27-11-8-21-5-6-24-15-1-2-16-18-19(25-26(16)10-7-22-9-12-28)14-3-4-23-13-17(14)29-20(15)18/h1-4,13,21-22,24,27-28H,5-12H2. The minimum atomic E-state index is 0.133. The summed E-state index contributed by atoms with van der Waals surface area (Å²) in [7, 11) is 0. The van der Waals surface area contributed by atoms with Crippen LogP contribution in [0.5, 0.6) is 0 Å². The van der Waals surface area contributed by atoms with Crippen LogP contribution < -0.4 is 16.0 Å². The first kappa shape index (κ1) is 20.1. The maximum absolute atomic E-state index is 8.96. The molecule has 1 aromatic carbocycles. The number of benzene rings is 1. The second kappa shape index (κ2) is 9.55. The Hall–Kier alpha value is -2.17. The number of aliphatic hydroxyl groups excluding tert-OH is 2. The summed E-state index contributed by atoms with van der Waals surface area (Å²) in [4.78, 5) is 6.58. The monoisotopic (exact) mass is 414 g/mol. The molecule has 1 aliphatic rings. The van der Waals surface area contributed by atoms with Gasteiger partial charge in [-0.2, -0.15) is 5.10 Å². The molecule has 3 aromatic rings.